The van der Waals surface area contributed by atoms with Crippen molar-refractivity contribution in [2.45, 2.75) is 0 Å². The van der Waals surface area contributed by atoms with E-state index >= 15 is 0 Å². The molecular formula is C29H20O. The number of fused-ring (bicyclic) bond motifs is 1. The van der Waals surface area contributed by atoms with Crippen LogP contribution in [-0.2, 0) is 0 Å². The number of hydrogen-bond donors (Lipinski definition) is 0. The third kappa shape index (κ3) is 3.01. The zero-order valence-electron chi connectivity index (χ0n) is 16.5. The van der Waals surface area contributed by atoms with Gasteiger partial charge in [-0.05, 0) is 38.6 Å². The van der Waals surface area contributed by atoms with Gasteiger partial charge in [-0.15, -0.1) is 0 Å². The predicted octanol–water partition coefficient (Wildman–Crippen LogP) is 7.65. The zero-order valence-corrected chi connectivity index (χ0v) is 16.5. The Bertz CT molecular complexity index is 1320. The Kier molecular flexibility index (Phi) is 4.71. The fourth-order valence-corrected chi connectivity index (χ4v) is 4.29. The lowest BCUT2D eigenvalue weighted by Gasteiger charge is -2.21. The summed E-state index contributed by atoms with van der Waals surface area (Å²) in [6.07, 6.45) is 1.01. The molecule has 1 nitrogen and oxygen atoms in total. The van der Waals surface area contributed by atoms with Crippen LogP contribution in [0.1, 0.15) is 10.4 Å². The number of carbonyl (C=O) groups excluding carboxylic acids is 1. The van der Waals surface area contributed by atoms with Gasteiger partial charge in [0.1, 0.15) is 0 Å². The van der Waals surface area contributed by atoms with Crippen molar-refractivity contribution in [1.29, 1.82) is 0 Å². The Hall–Kier alpha value is -3.97. The third-order valence-corrected chi connectivity index (χ3v) is 5.56. The fourth-order valence-electron chi connectivity index (χ4n) is 4.29. The molecule has 0 atom stereocenters. The zero-order chi connectivity index (χ0) is 20.3. The highest BCUT2D eigenvalue weighted by molar-refractivity contribution is 6.17. The number of hydrogen-bond acceptors (Lipinski definition) is 1. The molecular weight excluding hydrogens is 364 g/mol. The highest BCUT2D eigenvalue weighted by Crippen LogP contribution is 2.46. The maximum Gasteiger partial charge on any atom is 0.151 e. The van der Waals surface area contributed by atoms with Gasteiger partial charge >= 0.3 is 0 Å². The minimum absolute atomic E-state index is 0.732. The van der Waals surface area contributed by atoms with Crippen LogP contribution in [-0.4, -0.2) is 6.29 Å². The molecule has 5 aromatic carbocycles. The fraction of sp³-hybridized carbons (Fsp3) is 0. The number of aldehydes is 1. The molecule has 142 valence electrons. The van der Waals surface area contributed by atoms with E-state index in [-0.39, 0.29) is 0 Å². The van der Waals surface area contributed by atoms with E-state index in [1.54, 1.807) is 0 Å². The van der Waals surface area contributed by atoms with Crippen molar-refractivity contribution in [3.05, 3.63) is 121 Å². The lowest BCUT2D eigenvalue weighted by Crippen LogP contribution is -1.98. The van der Waals surface area contributed by atoms with Crippen molar-refractivity contribution in [1.82, 2.24) is 0 Å². The van der Waals surface area contributed by atoms with Gasteiger partial charge in [-0.2, -0.15) is 0 Å². The first-order chi connectivity index (χ1) is 14.9. The lowest BCUT2D eigenvalue weighted by atomic mass is 9.81. The van der Waals surface area contributed by atoms with Crippen molar-refractivity contribution >= 4 is 17.1 Å². The first kappa shape index (κ1) is 18.1. The van der Waals surface area contributed by atoms with Crippen molar-refractivity contribution in [2.75, 3.05) is 0 Å². The van der Waals surface area contributed by atoms with Gasteiger partial charge in [0, 0.05) is 11.1 Å². The van der Waals surface area contributed by atoms with Gasteiger partial charge in [-0.1, -0.05) is 115 Å². The Morgan fingerprint density at radius 3 is 1.30 bits per heavy atom. The second-order valence-corrected chi connectivity index (χ2v) is 7.30. The first-order valence-electron chi connectivity index (χ1n) is 10.1. The highest BCUT2D eigenvalue weighted by Gasteiger charge is 2.22. The molecule has 5 rings (SSSR count). The Morgan fingerprint density at radius 2 is 0.800 bits per heavy atom. The summed E-state index contributed by atoms with van der Waals surface area (Å²) in [5, 5.41) is 2.06. The molecule has 0 heterocycles. The van der Waals surface area contributed by atoms with E-state index in [2.05, 4.69) is 66.7 Å². The van der Waals surface area contributed by atoms with E-state index in [1.807, 2.05) is 48.5 Å². The van der Waals surface area contributed by atoms with Crippen LogP contribution in [0, 0.1) is 0 Å². The van der Waals surface area contributed by atoms with E-state index in [0.29, 0.717) is 0 Å². The molecule has 0 fully saturated rings. The van der Waals surface area contributed by atoms with Gasteiger partial charge in [0.25, 0.3) is 0 Å². The summed E-state index contributed by atoms with van der Waals surface area (Å²) in [4.78, 5) is 12.4. The topological polar surface area (TPSA) is 17.1 Å². The number of benzene rings is 5. The minimum Gasteiger partial charge on any atom is -0.298 e. The average molecular weight is 384 g/mol. The van der Waals surface area contributed by atoms with Gasteiger partial charge in [0.05, 0.1) is 0 Å². The summed E-state index contributed by atoms with van der Waals surface area (Å²) in [5.41, 5.74) is 7.24. The highest BCUT2D eigenvalue weighted by atomic mass is 16.1. The molecule has 0 saturated carbocycles. The maximum atomic E-state index is 12.4. The van der Waals surface area contributed by atoms with Crippen molar-refractivity contribution < 1.29 is 4.79 Å². The summed E-state index contributed by atoms with van der Waals surface area (Å²) in [5.74, 6) is 0. The molecule has 0 saturated heterocycles. The standard InChI is InChI=1S/C29H20O/c30-20-26-24-18-10-11-19-25(24)27(21-12-4-1-5-13-21)29(23-16-8-3-9-17-23)28(26)22-14-6-2-7-15-22/h1-20H. The normalized spacial score (nSPS) is 10.8. The molecule has 30 heavy (non-hydrogen) atoms. The first-order valence-corrected chi connectivity index (χ1v) is 10.1. The summed E-state index contributed by atoms with van der Waals surface area (Å²) in [7, 11) is 0. The van der Waals surface area contributed by atoms with Gasteiger partial charge in [0.2, 0.25) is 0 Å². The molecule has 0 radical (unpaired) electrons. The van der Waals surface area contributed by atoms with E-state index in [4.69, 9.17) is 0 Å². The number of rotatable bonds is 4. The molecule has 0 N–H and O–H groups in total. The van der Waals surface area contributed by atoms with Crippen molar-refractivity contribution in [3.63, 3.8) is 0 Å². The Labute approximate surface area is 176 Å². The quantitative estimate of drug-likeness (QED) is 0.291. The predicted molar refractivity (Wildman–Crippen MR) is 126 cm³/mol. The van der Waals surface area contributed by atoms with Crippen molar-refractivity contribution in [2.24, 2.45) is 0 Å². The van der Waals surface area contributed by atoms with Gasteiger partial charge in [-0.3, -0.25) is 4.79 Å². The molecule has 0 aliphatic heterocycles. The monoisotopic (exact) mass is 384 g/mol. The molecule has 1 heteroatoms. The minimum atomic E-state index is 0.732. The van der Waals surface area contributed by atoms with E-state index in [9.17, 15) is 4.79 Å². The number of carbonyl (C=O) groups is 1. The summed E-state index contributed by atoms with van der Waals surface area (Å²) in [6.45, 7) is 0. The summed E-state index contributed by atoms with van der Waals surface area (Å²) < 4.78 is 0. The molecule has 0 spiro atoms. The van der Waals surface area contributed by atoms with E-state index in [1.165, 1.54) is 0 Å². The van der Waals surface area contributed by atoms with E-state index in [0.717, 1.165) is 56.0 Å². The van der Waals surface area contributed by atoms with E-state index < -0.39 is 0 Å². The van der Waals surface area contributed by atoms with Crippen LogP contribution in [0.4, 0.5) is 0 Å². The maximum absolute atomic E-state index is 12.4. The Balaban J connectivity index is 2.05. The van der Waals surface area contributed by atoms with Crippen molar-refractivity contribution in [3.8, 4) is 33.4 Å². The smallest absolute Gasteiger partial charge is 0.151 e. The molecule has 0 aliphatic rings. The SMILES string of the molecule is O=Cc1c(-c2ccccc2)c(-c2ccccc2)c(-c2ccccc2)c2ccccc12. The van der Waals surface area contributed by atoms with Crippen LogP contribution >= 0.6 is 0 Å². The molecule has 0 aromatic heterocycles. The van der Waals surface area contributed by atoms with Crippen LogP contribution in [0.5, 0.6) is 0 Å². The molecule has 0 bridgehead atoms. The van der Waals surface area contributed by atoms with Crippen LogP contribution in [0.2, 0.25) is 0 Å². The molecule has 5 aromatic rings. The largest absolute Gasteiger partial charge is 0.298 e. The van der Waals surface area contributed by atoms with Crippen LogP contribution in [0.3, 0.4) is 0 Å². The molecule has 0 aliphatic carbocycles. The molecule has 0 amide bonds. The van der Waals surface area contributed by atoms with Gasteiger partial charge < -0.3 is 0 Å². The summed E-state index contributed by atoms with van der Waals surface area (Å²) in [6, 6.07) is 39.2. The molecule has 0 unspecified atom stereocenters. The summed E-state index contributed by atoms with van der Waals surface area (Å²) >= 11 is 0. The van der Waals surface area contributed by atoms with Crippen LogP contribution in [0.25, 0.3) is 44.2 Å². The van der Waals surface area contributed by atoms with Crippen LogP contribution in [0.15, 0.2) is 115 Å². The third-order valence-electron chi connectivity index (χ3n) is 5.56. The van der Waals surface area contributed by atoms with Gasteiger partial charge in [-0.25, -0.2) is 0 Å². The van der Waals surface area contributed by atoms with Crippen LogP contribution < -0.4 is 0 Å². The second-order valence-electron chi connectivity index (χ2n) is 7.30. The lowest BCUT2D eigenvalue weighted by molar-refractivity contribution is 0.112. The van der Waals surface area contributed by atoms with Gasteiger partial charge in [0.15, 0.2) is 6.29 Å². The second kappa shape index (κ2) is 7.81. The Morgan fingerprint density at radius 1 is 0.400 bits per heavy atom. The average Bonchev–Trinajstić information content (AvgIpc) is 2.84.